The van der Waals surface area contributed by atoms with Gasteiger partial charge in [0.05, 0.1) is 0 Å². The van der Waals surface area contributed by atoms with Gasteiger partial charge in [-0.1, -0.05) is 24.0 Å². The molecule has 0 radical (unpaired) electrons. The second kappa shape index (κ2) is 10.00. The van der Waals surface area contributed by atoms with E-state index < -0.39 is 6.09 Å². The molecule has 1 rings (SSSR count). The lowest BCUT2D eigenvalue weighted by molar-refractivity contribution is 0.0996. The molecular formula is C20H29NO3. The Morgan fingerprint density at radius 3 is 2.67 bits per heavy atom. The molecule has 132 valence electrons. The Kier molecular flexibility index (Phi) is 8.35. The van der Waals surface area contributed by atoms with Gasteiger partial charge in [-0.05, 0) is 57.7 Å². The molecule has 0 atom stereocenters. The smallest absolute Gasteiger partial charge is 0.407 e. The quantitative estimate of drug-likeness (QED) is 0.602. The summed E-state index contributed by atoms with van der Waals surface area (Å²) in [6, 6.07) is 8.17. The van der Waals surface area contributed by atoms with Crippen molar-refractivity contribution in [2.45, 2.75) is 52.0 Å². The summed E-state index contributed by atoms with van der Waals surface area (Å²) in [5, 5.41) is 9.31. The minimum Gasteiger partial charge on any atom is -0.465 e. The molecule has 0 bridgehead atoms. The van der Waals surface area contributed by atoms with E-state index in [9.17, 15) is 9.90 Å². The topological polar surface area (TPSA) is 49.8 Å². The van der Waals surface area contributed by atoms with Crippen LogP contribution in [0, 0.1) is 11.8 Å². The van der Waals surface area contributed by atoms with Crippen LogP contribution in [0.15, 0.2) is 24.3 Å². The van der Waals surface area contributed by atoms with Crippen LogP contribution < -0.4 is 0 Å². The highest BCUT2D eigenvalue weighted by molar-refractivity contribution is 5.65. The first kappa shape index (κ1) is 20.1. The van der Waals surface area contributed by atoms with Crippen LogP contribution >= 0.6 is 0 Å². The molecule has 1 N–H and O–H groups in total. The van der Waals surface area contributed by atoms with Gasteiger partial charge in [0.15, 0.2) is 0 Å². The molecule has 0 aliphatic carbocycles. The van der Waals surface area contributed by atoms with Crippen molar-refractivity contribution in [1.82, 2.24) is 4.90 Å². The van der Waals surface area contributed by atoms with E-state index in [0.717, 1.165) is 37.9 Å². The predicted octanol–water partition coefficient (Wildman–Crippen LogP) is 4.18. The van der Waals surface area contributed by atoms with Gasteiger partial charge in [0, 0.05) is 37.8 Å². The Morgan fingerprint density at radius 1 is 1.29 bits per heavy atom. The van der Waals surface area contributed by atoms with Gasteiger partial charge < -0.3 is 14.7 Å². The molecule has 0 aliphatic heterocycles. The lowest BCUT2D eigenvalue weighted by Crippen LogP contribution is -2.45. The normalized spacial score (nSPS) is 10.8. The minimum atomic E-state index is -0.863. The van der Waals surface area contributed by atoms with Crippen LogP contribution in [-0.2, 0) is 11.2 Å². The van der Waals surface area contributed by atoms with Crippen molar-refractivity contribution in [2.24, 2.45) is 0 Å². The van der Waals surface area contributed by atoms with Crippen LogP contribution in [0.4, 0.5) is 4.79 Å². The first-order valence-electron chi connectivity index (χ1n) is 8.42. The number of nitrogens with zero attached hydrogens (tertiary/aromatic N) is 1. The molecule has 0 heterocycles. The van der Waals surface area contributed by atoms with Crippen molar-refractivity contribution >= 4 is 6.09 Å². The largest absolute Gasteiger partial charge is 0.465 e. The zero-order chi connectivity index (χ0) is 18.0. The van der Waals surface area contributed by atoms with Crippen LogP contribution in [0.3, 0.4) is 0 Å². The first-order valence-corrected chi connectivity index (χ1v) is 8.42. The van der Waals surface area contributed by atoms with Gasteiger partial charge >= 0.3 is 6.09 Å². The Balaban J connectivity index is 2.54. The number of amides is 1. The number of rotatable bonds is 7. The van der Waals surface area contributed by atoms with Crippen molar-refractivity contribution in [1.29, 1.82) is 0 Å². The average Bonchev–Trinajstić information content (AvgIpc) is 2.50. The van der Waals surface area contributed by atoms with Crippen LogP contribution in [0.2, 0.25) is 0 Å². The maximum Gasteiger partial charge on any atom is 0.407 e. The van der Waals surface area contributed by atoms with E-state index in [1.807, 2.05) is 32.9 Å². The number of carboxylic acid groups (broad SMARTS) is 1. The summed E-state index contributed by atoms with van der Waals surface area (Å²) in [7, 11) is 1.70. The summed E-state index contributed by atoms with van der Waals surface area (Å²) in [4.78, 5) is 12.8. The van der Waals surface area contributed by atoms with Crippen molar-refractivity contribution in [3.63, 3.8) is 0 Å². The van der Waals surface area contributed by atoms with Gasteiger partial charge in [0.25, 0.3) is 0 Å². The molecule has 1 aromatic carbocycles. The van der Waals surface area contributed by atoms with Gasteiger partial charge in [0.2, 0.25) is 0 Å². The van der Waals surface area contributed by atoms with Gasteiger partial charge in [0.1, 0.15) is 0 Å². The molecule has 0 saturated heterocycles. The van der Waals surface area contributed by atoms with Crippen molar-refractivity contribution in [2.75, 3.05) is 20.3 Å². The second-order valence-electron chi connectivity index (χ2n) is 6.81. The monoisotopic (exact) mass is 331 g/mol. The highest BCUT2D eigenvalue weighted by Crippen LogP contribution is 2.15. The van der Waals surface area contributed by atoms with E-state index in [1.54, 1.807) is 7.11 Å². The predicted molar refractivity (Wildman–Crippen MR) is 97.2 cm³/mol. The van der Waals surface area contributed by atoms with Gasteiger partial charge in [-0.2, -0.15) is 0 Å². The summed E-state index contributed by atoms with van der Waals surface area (Å²) in [6.45, 7) is 7.02. The van der Waals surface area contributed by atoms with E-state index in [0.29, 0.717) is 6.54 Å². The molecule has 0 aromatic heterocycles. The number of methoxy groups -OCH3 is 1. The lowest BCUT2D eigenvalue weighted by Gasteiger charge is -2.33. The summed E-state index contributed by atoms with van der Waals surface area (Å²) >= 11 is 0. The zero-order valence-electron chi connectivity index (χ0n) is 15.3. The van der Waals surface area contributed by atoms with E-state index in [-0.39, 0.29) is 5.54 Å². The molecule has 1 aromatic rings. The Morgan fingerprint density at radius 2 is 2.04 bits per heavy atom. The molecule has 1 amide bonds. The van der Waals surface area contributed by atoms with Gasteiger partial charge in [-0.15, -0.1) is 0 Å². The molecule has 24 heavy (non-hydrogen) atoms. The van der Waals surface area contributed by atoms with Crippen molar-refractivity contribution in [3.05, 3.63) is 35.4 Å². The Bertz CT molecular complexity index is 579. The van der Waals surface area contributed by atoms with E-state index in [1.165, 1.54) is 10.5 Å². The number of carbonyl (C=O) groups is 1. The molecule has 0 fully saturated rings. The third-order valence-corrected chi connectivity index (χ3v) is 3.70. The number of unbranched alkanes of at least 4 members (excludes halogenated alkanes) is 1. The number of hydrogen-bond donors (Lipinski definition) is 1. The van der Waals surface area contributed by atoms with Crippen LogP contribution in [0.25, 0.3) is 0 Å². The fourth-order valence-corrected chi connectivity index (χ4v) is 2.43. The van der Waals surface area contributed by atoms with Crippen LogP contribution in [0.5, 0.6) is 0 Å². The molecule has 4 nitrogen and oxygen atoms in total. The first-order chi connectivity index (χ1) is 11.3. The zero-order valence-corrected chi connectivity index (χ0v) is 15.3. The highest BCUT2D eigenvalue weighted by Gasteiger charge is 2.25. The maximum atomic E-state index is 11.3. The van der Waals surface area contributed by atoms with E-state index in [2.05, 4.69) is 24.0 Å². The van der Waals surface area contributed by atoms with E-state index in [4.69, 9.17) is 4.74 Å². The van der Waals surface area contributed by atoms with Crippen LogP contribution in [-0.4, -0.2) is 41.9 Å². The highest BCUT2D eigenvalue weighted by atomic mass is 16.5. The van der Waals surface area contributed by atoms with Gasteiger partial charge in [-0.25, -0.2) is 4.79 Å². The third kappa shape index (κ3) is 7.52. The molecule has 0 aliphatic rings. The average molecular weight is 331 g/mol. The summed E-state index contributed by atoms with van der Waals surface area (Å²) in [5.41, 5.74) is 1.83. The number of hydrogen-bond acceptors (Lipinski definition) is 2. The number of aryl methyl sites for hydroxylation is 1. The van der Waals surface area contributed by atoms with Crippen molar-refractivity contribution in [3.8, 4) is 11.8 Å². The van der Waals surface area contributed by atoms with Gasteiger partial charge in [-0.3, -0.25) is 0 Å². The molecular weight excluding hydrogens is 302 g/mol. The summed E-state index contributed by atoms with van der Waals surface area (Å²) in [6.07, 6.45) is 2.56. The van der Waals surface area contributed by atoms with E-state index >= 15 is 0 Å². The molecule has 4 heteroatoms. The fourth-order valence-electron chi connectivity index (χ4n) is 2.43. The number of benzene rings is 1. The Labute approximate surface area is 145 Å². The fraction of sp³-hybridized carbons (Fsp3) is 0.550. The van der Waals surface area contributed by atoms with Crippen molar-refractivity contribution < 1.29 is 14.6 Å². The maximum absolute atomic E-state index is 11.3. The number of ether oxygens (including phenoxy) is 1. The lowest BCUT2D eigenvalue weighted by atomic mass is 10.0. The second-order valence-corrected chi connectivity index (χ2v) is 6.81. The standard InChI is InChI=1S/C20H29NO3/c1-20(2,3)21(19(22)23)14-9-13-18-12-8-11-17(16-18)10-6-5-7-15-24-4/h8,11-12,16H,5,7,9,13-15H2,1-4H3,(H,22,23). The van der Waals surface area contributed by atoms with Crippen LogP contribution in [0.1, 0.15) is 51.2 Å². The molecule has 0 spiro atoms. The summed E-state index contributed by atoms with van der Waals surface area (Å²) in [5.74, 6) is 6.33. The molecule has 0 saturated carbocycles. The summed E-state index contributed by atoms with van der Waals surface area (Å²) < 4.78 is 5.00. The molecule has 0 unspecified atom stereocenters. The SMILES string of the molecule is COCCCC#Cc1cccc(CCCN(C(=O)O)C(C)(C)C)c1. The minimum absolute atomic E-state index is 0.374. The third-order valence-electron chi connectivity index (χ3n) is 3.70. The Hall–Kier alpha value is -1.99.